The van der Waals surface area contributed by atoms with Gasteiger partial charge in [-0.2, -0.15) is 4.31 Å². The third-order valence-electron chi connectivity index (χ3n) is 5.09. The molecule has 7 nitrogen and oxygen atoms in total. The number of nitrogens with one attached hydrogen (secondary N) is 1. The largest absolute Gasteiger partial charge is 0.378 e. The van der Waals surface area contributed by atoms with E-state index in [9.17, 15) is 13.2 Å². The first-order chi connectivity index (χ1) is 14.8. The molecule has 0 aliphatic carbocycles. The Morgan fingerprint density at radius 1 is 1.06 bits per heavy atom. The Morgan fingerprint density at radius 2 is 1.74 bits per heavy atom. The average molecular weight is 486 g/mol. The Hall–Kier alpha value is -1.84. The summed E-state index contributed by atoms with van der Waals surface area (Å²) >= 11 is 12.0. The molecule has 0 aromatic heterocycles. The second kappa shape index (κ2) is 10.2. The molecule has 0 saturated carbocycles. The lowest BCUT2D eigenvalue weighted by atomic mass is 10.1. The minimum Gasteiger partial charge on any atom is -0.378 e. The van der Waals surface area contributed by atoms with Crippen LogP contribution in [0.2, 0.25) is 10.0 Å². The zero-order valence-electron chi connectivity index (χ0n) is 17.4. The number of ether oxygens (including phenoxy) is 1. The number of benzene rings is 2. The summed E-state index contributed by atoms with van der Waals surface area (Å²) in [6.45, 7) is 6.52. The quantitative estimate of drug-likeness (QED) is 0.637. The lowest BCUT2D eigenvalue weighted by Crippen LogP contribution is -2.37. The normalized spacial score (nSPS) is 14.7. The number of amides is 1. The number of carbonyl (C=O) groups is 1. The molecule has 1 heterocycles. The van der Waals surface area contributed by atoms with Crippen LogP contribution in [0.4, 0.5) is 11.4 Å². The Morgan fingerprint density at radius 3 is 2.35 bits per heavy atom. The molecule has 31 heavy (non-hydrogen) atoms. The highest BCUT2D eigenvalue weighted by Gasteiger charge is 2.26. The molecule has 168 valence electrons. The van der Waals surface area contributed by atoms with Crippen LogP contribution in [0.25, 0.3) is 0 Å². The fourth-order valence-corrected chi connectivity index (χ4v) is 5.21. The summed E-state index contributed by atoms with van der Waals surface area (Å²) < 4.78 is 32.8. The molecule has 1 aliphatic rings. The highest BCUT2D eigenvalue weighted by Crippen LogP contribution is 2.29. The molecule has 1 fully saturated rings. The molecular weight excluding hydrogens is 461 g/mol. The van der Waals surface area contributed by atoms with Crippen molar-refractivity contribution in [3.8, 4) is 0 Å². The van der Waals surface area contributed by atoms with Crippen molar-refractivity contribution in [3.05, 3.63) is 52.0 Å². The number of hydrogen-bond donors (Lipinski definition) is 1. The van der Waals surface area contributed by atoms with E-state index in [-0.39, 0.29) is 10.5 Å². The number of anilines is 2. The smallest absolute Gasteiger partial charge is 0.257 e. The molecule has 3 rings (SSSR count). The lowest BCUT2D eigenvalue weighted by Gasteiger charge is -2.30. The fourth-order valence-electron chi connectivity index (χ4n) is 3.42. The Kier molecular flexibility index (Phi) is 7.82. The average Bonchev–Trinajstić information content (AvgIpc) is 2.77. The molecular formula is C21H25Cl2N3O4S. The molecule has 10 heteroatoms. The second-order valence-electron chi connectivity index (χ2n) is 6.95. The van der Waals surface area contributed by atoms with E-state index in [4.69, 9.17) is 27.9 Å². The Balaban J connectivity index is 2.02. The molecule has 0 spiro atoms. The molecule has 2 aromatic carbocycles. The third-order valence-corrected chi connectivity index (χ3v) is 7.87. The molecule has 1 amide bonds. The Bertz CT molecular complexity index is 1050. The molecule has 0 radical (unpaired) electrons. The van der Waals surface area contributed by atoms with Gasteiger partial charge in [0, 0.05) is 37.6 Å². The second-order valence-corrected chi connectivity index (χ2v) is 9.70. The van der Waals surface area contributed by atoms with Gasteiger partial charge in [0.2, 0.25) is 10.0 Å². The minimum atomic E-state index is -3.72. The number of carbonyl (C=O) groups excluding carboxylic acids is 1. The summed E-state index contributed by atoms with van der Waals surface area (Å²) in [5.41, 5.74) is 1.38. The van der Waals surface area contributed by atoms with Gasteiger partial charge >= 0.3 is 0 Å². The molecule has 0 unspecified atom stereocenters. The van der Waals surface area contributed by atoms with Crippen molar-refractivity contribution in [2.45, 2.75) is 18.7 Å². The van der Waals surface area contributed by atoms with E-state index < -0.39 is 15.9 Å². The van der Waals surface area contributed by atoms with Gasteiger partial charge in [0.1, 0.15) is 0 Å². The van der Waals surface area contributed by atoms with Gasteiger partial charge in [-0.3, -0.25) is 4.79 Å². The maximum Gasteiger partial charge on any atom is 0.257 e. The predicted octanol–water partition coefficient (Wildman–Crippen LogP) is 4.11. The summed E-state index contributed by atoms with van der Waals surface area (Å²) in [6, 6.07) is 9.44. The number of halogens is 2. The summed E-state index contributed by atoms with van der Waals surface area (Å²) in [5, 5.41) is 3.48. The van der Waals surface area contributed by atoms with E-state index in [0.29, 0.717) is 60.8 Å². The minimum absolute atomic E-state index is 0.0764. The zero-order chi connectivity index (χ0) is 22.6. The highest BCUT2D eigenvalue weighted by atomic mass is 35.5. The van der Waals surface area contributed by atoms with E-state index in [1.807, 2.05) is 4.90 Å². The Labute approximate surface area is 192 Å². The summed E-state index contributed by atoms with van der Waals surface area (Å²) in [7, 11) is -3.72. The van der Waals surface area contributed by atoms with E-state index in [0.717, 1.165) is 0 Å². The van der Waals surface area contributed by atoms with Crippen LogP contribution in [-0.4, -0.2) is 58.0 Å². The maximum absolute atomic E-state index is 13.2. The summed E-state index contributed by atoms with van der Waals surface area (Å²) in [5.74, 6) is -0.434. The van der Waals surface area contributed by atoms with Crippen LogP contribution in [0.3, 0.4) is 0 Å². The van der Waals surface area contributed by atoms with Gasteiger partial charge < -0.3 is 15.0 Å². The zero-order valence-corrected chi connectivity index (χ0v) is 19.7. The lowest BCUT2D eigenvalue weighted by molar-refractivity contribution is 0.102. The first-order valence-electron chi connectivity index (χ1n) is 10.0. The van der Waals surface area contributed by atoms with Crippen LogP contribution in [0.5, 0.6) is 0 Å². The fraction of sp³-hybridized carbons (Fsp3) is 0.381. The van der Waals surface area contributed by atoms with Crippen molar-refractivity contribution < 1.29 is 17.9 Å². The topological polar surface area (TPSA) is 79.0 Å². The van der Waals surface area contributed by atoms with Crippen molar-refractivity contribution in [2.75, 3.05) is 49.6 Å². The number of hydrogen-bond acceptors (Lipinski definition) is 5. The molecule has 1 aliphatic heterocycles. The van der Waals surface area contributed by atoms with Crippen LogP contribution in [-0.2, 0) is 14.8 Å². The van der Waals surface area contributed by atoms with Crippen LogP contribution >= 0.6 is 23.2 Å². The van der Waals surface area contributed by atoms with Crippen LogP contribution < -0.4 is 10.2 Å². The SMILES string of the molecule is CCN(CC)S(=O)(=O)c1ccc(N2CCOCC2)c(C(=O)Nc2ccc(Cl)c(Cl)c2)c1. The first-order valence-corrected chi connectivity index (χ1v) is 12.2. The van der Waals surface area contributed by atoms with Gasteiger partial charge in [-0.15, -0.1) is 0 Å². The third kappa shape index (κ3) is 5.32. The number of rotatable bonds is 7. The number of morpholine rings is 1. The molecule has 1 N–H and O–H groups in total. The van der Waals surface area contributed by atoms with Gasteiger partial charge in [-0.1, -0.05) is 37.0 Å². The predicted molar refractivity (Wildman–Crippen MR) is 124 cm³/mol. The van der Waals surface area contributed by atoms with Crippen molar-refractivity contribution in [3.63, 3.8) is 0 Å². The van der Waals surface area contributed by atoms with Crippen molar-refractivity contribution in [2.24, 2.45) is 0 Å². The highest BCUT2D eigenvalue weighted by molar-refractivity contribution is 7.89. The maximum atomic E-state index is 13.2. The van der Waals surface area contributed by atoms with Crippen LogP contribution in [0.15, 0.2) is 41.3 Å². The van der Waals surface area contributed by atoms with E-state index in [2.05, 4.69) is 5.32 Å². The van der Waals surface area contributed by atoms with Gasteiger partial charge in [-0.25, -0.2) is 8.42 Å². The van der Waals surface area contributed by atoms with Crippen LogP contribution in [0.1, 0.15) is 24.2 Å². The monoisotopic (exact) mass is 485 g/mol. The van der Waals surface area contributed by atoms with Crippen molar-refractivity contribution >= 4 is 50.5 Å². The number of nitrogens with zero attached hydrogens (tertiary/aromatic N) is 2. The van der Waals surface area contributed by atoms with Gasteiger partial charge in [0.25, 0.3) is 5.91 Å². The standard InChI is InChI=1S/C21H25Cl2N3O4S/c1-3-26(4-2)31(28,29)16-6-8-20(25-9-11-30-12-10-25)17(14-16)21(27)24-15-5-7-18(22)19(23)13-15/h5-8,13-14H,3-4,9-12H2,1-2H3,(H,24,27). The van der Waals surface area contributed by atoms with E-state index in [1.165, 1.54) is 10.4 Å². The van der Waals surface area contributed by atoms with Gasteiger partial charge in [0.15, 0.2) is 0 Å². The molecule has 0 bridgehead atoms. The first kappa shape index (κ1) is 23.8. The van der Waals surface area contributed by atoms with Crippen LogP contribution in [0, 0.1) is 0 Å². The van der Waals surface area contributed by atoms with E-state index in [1.54, 1.807) is 44.2 Å². The number of sulfonamides is 1. The molecule has 2 aromatic rings. The van der Waals surface area contributed by atoms with Gasteiger partial charge in [0.05, 0.1) is 33.7 Å². The summed E-state index contributed by atoms with van der Waals surface area (Å²) in [4.78, 5) is 15.3. The summed E-state index contributed by atoms with van der Waals surface area (Å²) in [6.07, 6.45) is 0. The molecule has 1 saturated heterocycles. The van der Waals surface area contributed by atoms with Crippen molar-refractivity contribution in [1.82, 2.24) is 4.31 Å². The molecule has 0 atom stereocenters. The van der Waals surface area contributed by atoms with Gasteiger partial charge in [-0.05, 0) is 36.4 Å². The van der Waals surface area contributed by atoms with E-state index >= 15 is 0 Å². The van der Waals surface area contributed by atoms with Crippen molar-refractivity contribution in [1.29, 1.82) is 0 Å².